The van der Waals surface area contributed by atoms with Gasteiger partial charge in [0.25, 0.3) is 0 Å². The molecule has 0 atom stereocenters. The van der Waals surface area contributed by atoms with Crippen LogP contribution in [0.5, 0.6) is 0 Å². The first-order chi connectivity index (χ1) is 10.1. The van der Waals surface area contributed by atoms with Crippen LogP contribution in [0.4, 0.5) is 10.1 Å². The van der Waals surface area contributed by atoms with E-state index in [4.69, 9.17) is 4.74 Å². The minimum absolute atomic E-state index is 0.0419. The fourth-order valence-corrected chi connectivity index (χ4v) is 2.21. The summed E-state index contributed by atoms with van der Waals surface area (Å²) >= 11 is 0. The fraction of sp³-hybridized carbons (Fsp3) is 0.429. The van der Waals surface area contributed by atoms with Crippen LogP contribution in [0.1, 0.15) is 5.56 Å². The van der Waals surface area contributed by atoms with Gasteiger partial charge in [-0.15, -0.1) is 0 Å². The lowest BCUT2D eigenvalue weighted by atomic mass is 10.1. The second kappa shape index (κ2) is 7.14. The summed E-state index contributed by atoms with van der Waals surface area (Å²) in [6, 6.07) is 4.64. The van der Waals surface area contributed by atoms with E-state index in [9.17, 15) is 14.0 Å². The first-order valence-electron chi connectivity index (χ1n) is 6.66. The largest absolute Gasteiger partial charge is 0.383 e. The van der Waals surface area contributed by atoms with Crippen LogP contribution < -0.4 is 15.5 Å². The summed E-state index contributed by atoms with van der Waals surface area (Å²) < 4.78 is 18.9. The third-order valence-corrected chi connectivity index (χ3v) is 3.17. The maximum atomic E-state index is 14.0. The number of carbonyl (C=O) groups is 2. The number of amides is 2. The second-order valence-corrected chi connectivity index (χ2v) is 4.73. The van der Waals surface area contributed by atoms with E-state index in [0.29, 0.717) is 30.9 Å². The van der Waals surface area contributed by atoms with E-state index >= 15 is 0 Å². The molecule has 1 aliphatic heterocycles. The molecular formula is C14H18FN3O3. The molecule has 0 radical (unpaired) electrons. The Balaban J connectivity index is 2.16. The van der Waals surface area contributed by atoms with Crippen LogP contribution in [0.3, 0.4) is 0 Å². The van der Waals surface area contributed by atoms with Crippen molar-refractivity contribution in [2.45, 2.75) is 6.54 Å². The highest BCUT2D eigenvalue weighted by molar-refractivity contribution is 6.02. The summed E-state index contributed by atoms with van der Waals surface area (Å²) in [5.74, 6) is -1.13. The van der Waals surface area contributed by atoms with Gasteiger partial charge < -0.3 is 15.0 Å². The van der Waals surface area contributed by atoms with Crippen molar-refractivity contribution >= 4 is 17.5 Å². The van der Waals surface area contributed by atoms with Gasteiger partial charge in [0.1, 0.15) is 5.82 Å². The van der Waals surface area contributed by atoms with Gasteiger partial charge in [-0.05, 0) is 12.1 Å². The molecule has 0 aliphatic carbocycles. The van der Waals surface area contributed by atoms with E-state index in [2.05, 4.69) is 10.6 Å². The second-order valence-electron chi connectivity index (χ2n) is 4.73. The Bertz CT molecular complexity index is 520. The number of piperazine rings is 1. The number of anilines is 1. The number of hydrogen-bond acceptors (Lipinski definition) is 5. The molecule has 0 spiro atoms. The van der Waals surface area contributed by atoms with E-state index < -0.39 is 0 Å². The van der Waals surface area contributed by atoms with E-state index in [1.165, 1.54) is 6.07 Å². The normalized spacial score (nSPS) is 15.2. The maximum Gasteiger partial charge on any atom is 0.246 e. The number of carbonyl (C=O) groups excluding carboxylic acids is 2. The van der Waals surface area contributed by atoms with Gasteiger partial charge in [0, 0.05) is 31.5 Å². The number of halogens is 1. The standard InChI is InChI=1S/C14H18FN3O3/c1-21-6-5-16-7-10-11(15)3-2-4-12(10)18-8-13(19)17-14(20)9-18/h2-4,16H,5-9H2,1H3,(H,17,19,20). The highest BCUT2D eigenvalue weighted by atomic mass is 19.1. The predicted molar refractivity (Wildman–Crippen MR) is 75.3 cm³/mol. The molecule has 114 valence electrons. The smallest absolute Gasteiger partial charge is 0.246 e. The molecule has 2 rings (SSSR count). The minimum atomic E-state index is -0.381. The highest BCUT2D eigenvalue weighted by Crippen LogP contribution is 2.23. The zero-order chi connectivity index (χ0) is 15.2. The molecule has 7 heteroatoms. The quantitative estimate of drug-likeness (QED) is 0.572. The molecule has 2 N–H and O–H groups in total. The number of nitrogens with one attached hydrogen (secondary N) is 2. The van der Waals surface area contributed by atoms with Gasteiger partial charge in [-0.2, -0.15) is 0 Å². The van der Waals surface area contributed by atoms with Gasteiger partial charge in [0.15, 0.2) is 0 Å². The van der Waals surface area contributed by atoms with E-state index in [1.807, 2.05) is 0 Å². The van der Waals surface area contributed by atoms with Crippen LogP contribution >= 0.6 is 0 Å². The molecule has 1 heterocycles. The molecule has 2 amide bonds. The Kier molecular flexibility index (Phi) is 5.24. The van der Waals surface area contributed by atoms with E-state index in [1.54, 1.807) is 24.1 Å². The van der Waals surface area contributed by atoms with Crippen LogP contribution in [0.15, 0.2) is 18.2 Å². The minimum Gasteiger partial charge on any atom is -0.383 e. The van der Waals surface area contributed by atoms with Crippen LogP contribution in [0, 0.1) is 5.82 Å². The third kappa shape index (κ3) is 3.99. The van der Waals surface area contributed by atoms with Gasteiger partial charge in [-0.3, -0.25) is 14.9 Å². The summed E-state index contributed by atoms with van der Waals surface area (Å²) in [6.45, 7) is 1.50. The molecule has 0 aromatic heterocycles. The average Bonchev–Trinajstić information content (AvgIpc) is 2.43. The lowest BCUT2D eigenvalue weighted by molar-refractivity contribution is -0.130. The Morgan fingerprint density at radius 3 is 2.71 bits per heavy atom. The number of rotatable bonds is 6. The molecule has 0 unspecified atom stereocenters. The van der Waals surface area contributed by atoms with E-state index in [0.717, 1.165) is 0 Å². The number of nitrogens with zero attached hydrogens (tertiary/aromatic N) is 1. The summed E-state index contributed by atoms with van der Waals surface area (Å²) in [6.07, 6.45) is 0. The number of benzene rings is 1. The molecule has 21 heavy (non-hydrogen) atoms. The molecule has 1 aromatic rings. The van der Waals surface area contributed by atoms with Gasteiger partial charge in [-0.1, -0.05) is 6.07 Å². The topological polar surface area (TPSA) is 70.7 Å². The summed E-state index contributed by atoms with van der Waals surface area (Å²) in [4.78, 5) is 24.5. The number of methoxy groups -OCH3 is 1. The first-order valence-corrected chi connectivity index (χ1v) is 6.66. The SMILES string of the molecule is COCCNCc1c(F)cccc1N1CC(=O)NC(=O)C1. The lowest BCUT2D eigenvalue weighted by Crippen LogP contribution is -2.51. The van der Waals surface area contributed by atoms with Gasteiger partial charge in [0.2, 0.25) is 11.8 Å². The zero-order valence-electron chi connectivity index (χ0n) is 11.8. The Hall–Kier alpha value is -1.99. The van der Waals surface area contributed by atoms with Crippen molar-refractivity contribution in [3.05, 3.63) is 29.6 Å². The Labute approximate surface area is 122 Å². The third-order valence-electron chi connectivity index (χ3n) is 3.17. The molecular weight excluding hydrogens is 277 g/mol. The van der Waals surface area contributed by atoms with Crippen LogP contribution in [0.25, 0.3) is 0 Å². The van der Waals surface area contributed by atoms with Crippen LogP contribution in [-0.4, -0.2) is 45.2 Å². The predicted octanol–water partition coefficient (Wildman–Crippen LogP) is 0.0245. The number of ether oxygens (including phenoxy) is 1. The van der Waals surface area contributed by atoms with Crippen molar-refractivity contribution in [3.8, 4) is 0 Å². The van der Waals surface area contributed by atoms with Crippen LogP contribution in [-0.2, 0) is 20.9 Å². The zero-order valence-corrected chi connectivity index (χ0v) is 11.8. The molecule has 0 saturated carbocycles. The summed E-state index contributed by atoms with van der Waals surface area (Å²) in [7, 11) is 1.59. The summed E-state index contributed by atoms with van der Waals surface area (Å²) in [5.41, 5.74) is 0.999. The first kappa shape index (κ1) is 15.4. The molecule has 1 saturated heterocycles. The van der Waals surface area contributed by atoms with Crippen molar-refractivity contribution in [1.82, 2.24) is 10.6 Å². The van der Waals surface area contributed by atoms with Gasteiger partial charge >= 0.3 is 0 Å². The van der Waals surface area contributed by atoms with Gasteiger partial charge in [-0.25, -0.2) is 4.39 Å². The number of imide groups is 1. The maximum absolute atomic E-state index is 14.0. The molecule has 1 fully saturated rings. The summed E-state index contributed by atoms with van der Waals surface area (Å²) in [5, 5.41) is 5.30. The van der Waals surface area contributed by atoms with Crippen LogP contribution in [0.2, 0.25) is 0 Å². The average molecular weight is 295 g/mol. The highest BCUT2D eigenvalue weighted by Gasteiger charge is 2.25. The van der Waals surface area contributed by atoms with E-state index in [-0.39, 0.29) is 30.7 Å². The van der Waals surface area contributed by atoms with Crippen molar-refractivity contribution in [3.63, 3.8) is 0 Å². The molecule has 6 nitrogen and oxygen atoms in total. The van der Waals surface area contributed by atoms with Gasteiger partial charge in [0.05, 0.1) is 19.7 Å². The fourth-order valence-electron chi connectivity index (χ4n) is 2.21. The Morgan fingerprint density at radius 1 is 1.33 bits per heavy atom. The van der Waals surface area contributed by atoms with Crippen molar-refractivity contribution < 1.29 is 18.7 Å². The monoisotopic (exact) mass is 295 g/mol. The number of hydrogen-bond donors (Lipinski definition) is 2. The van der Waals surface area contributed by atoms with Crippen molar-refractivity contribution in [1.29, 1.82) is 0 Å². The molecule has 1 aliphatic rings. The molecule has 1 aromatic carbocycles. The van der Waals surface area contributed by atoms with Crippen molar-refractivity contribution in [2.24, 2.45) is 0 Å². The van der Waals surface area contributed by atoms with Crippen molar-refractivity contribution in [2.75, 3.05) is 38.3 Å². The Morgan fingerprint density at radius 2 is 2.05 bits per heavy atom. The molecule has 0 bridgehead atoms. The lowest BCUT2D eigenvalue weighted by Gasteiger charge is -2.29.